The fourth-order valence-electron chi connectivity index (χ4n) is 1.79. The standard InChI is InChI=1S/C11H16N2OS/c14-10(11-4-2-6-15-11)8-13-9-3-1-5-12-7-9/h2,4,6,9,12-13H,1,3,5,7-8H2/t9-/m0/s1. The van der Waals surface area contributed by atoms with Gasteiger partial charge in [-0.15, -0.1) is 11.3 Å². The van der Waals surface area contributed by atoms with E-state index in [9.17, 15) is 4.79 Å². The van der Waals surface area contributed by atoms with Crippen molar-refractivity contribution < 1.29 is 4.79 Å². The average Bonchev–Trinajstić information content (AvgIpc) is 2.81. The van der Waals surface area contributed by atoms with E-state index in [1.165, 1.54) is 24.2 Å². The molecule has 0 radical (unpaired) electrons. The van der Waals surface area contributed by atoms with Gasteiger partial charge in [0.05, 0.1) is 11.4 Å². The topological polar surface area (TPSA) is 41.1 Å². The summed E-state index contributed by atoms with van der Waals surface area (Å²) in [6.45, 7) is 2.56. The minimum absolute atomic E-state index is 0.204. The summed E-state index contributed by atoms with van der Waals surface area (Å²) < 4.78 is 0. The second-order valence-corrected chi connectivity index (χ2v) is 4.77. The van der Waals surface area contributed by atoms with E-state index in [-0.39, 0.29) is 5.78 Å². The third kappa shape index (κ3) is 3.12. The van der Waals surface area contributed by atoms with Gasteiger partial charge < -0.3 is 10.6 Å². The van der Waals surface area contributed by atoms with Crippen molar-refractivity contribution in [2.45, 2.75) is 18.9 Å². The number of hydrogen-bond donors (Lipinski definition) is 2. The molecule has 1 saturated heterocycles. The summed E-state index contributed by atoms with van der Waals surface area (Å²) >= 11 is 1.51. The highest BCUT2D eigenvalue weighted by molar-refractivity contribution is 7.12. The molecule has 1 aliphatic heterocycles. The highest BCUT2D eigenvalue weighted by Gasteiger charge is 2.14. The van der Waals surface area contributed by atoms with E-state index in [0.29, 0.717) is 12.6 Å². The Kier molecular flexibility index (Phi) is 3.88. The molecular weight excluding hydrogens is 208 g/mol. The molecule has 0 bridgehead atoms. The molecule has 0 saturated carbocycles. The lowest BCUT2D eigenvalue weighted by Crippen LogP contribution is -2.44. The fourth-order valence-corrected chi connectivity index (χ4v) is 2.45. The van der Waals surface area contributed by atoms with Crippen molar-refractivity contribution in [3.8, 4) is 0 Å². The van der Waals surface area contributed by atoms with Crippen molar-refractivity contribution in [2.75, 3.05) is 19.6 Å². The van der Waals surface area contributed by atoms with Gasteiger partial charge in [-0.25, -0.2) is 0 Å². The molecule has 0 aliphatic carbocycles. The van der Waals surface area contributed by atoms with Gasteiger partial charge in [0, 0.05) is 12.6 Å². The number of thiophene rings is 1. The zero-order valence-electron chi connectivity index (χ0n) is 8.66. The molecule has 82 valence electrons. The number of rotatable bonds is 4. The van der Waals surface area contributed by atoms with Gasteiger partial charge in [0.2, 0.25) is 0 Å². The predicted octanol–water partition coefficient (Wildman–Crippen LogP) is 1.27. The van der Waals surface area contributed by atoms with Gasteiger partial charge in [0.15, 0.2) is 5.78 Å². The van der Waals surface area contributed by atoms with E-state index in [0.717, 1.165) is 18.0 Å². The second kappa shape index (κ2) is 5.39. The third-order valence-corrected chi connectivity index (χ3v) is 3.56. The van der Waals surface area contributed by atoms with Crippen molar-refractivity contribution in [2.24, 2.45) is 0 Å². The number of hydrogen-bond acceptors (Lipinski definition) is 4. The van der Waals surface area contributed by atoms with Crippen LogP contribution in [0.5, 0.6) is 0 Å². The zero-order valence-corrected chi connectivity index (χ0v) is 9.48. The number of nitrogens with one attached hydrogen (secondary N) is 2. The first kappa shape index (κ1) is 10.8. The van der Waals surface area contributed by atoms with Gasteiger partial charge in [0.25, 0.3) is 0 Å². The van der Waals surface area contributed by atoms with Crippen LogP contribution in [0, 0.1) is 0 Å². The summed E-state index contributed by atoms with van der Waals surface area (Å²) in [4.78, 5) is 12.5. The molecule has 2 rings (SSSR count). The van der Waals surface area contributed by atoms with Crippen molar-refractivity contribution in [3.05, 3.63) is 22.4 Å². The maximum Gasteiger partial charge on any atom is 0.186 e. The van der Waals surface area contributed by atoms with Crippen LogP contribution in [0.2, 0.25) is 0 Å². The Morgan fingerprint density at radius 1 is 1.67 bits per heavy atom. The quantitative estimate of drug-likeness (QED) is 0.757. The van der Waals surface area contributed by atoms with Gasteiger partial charge in [0.1, 0.15) is 0 Å². The molecular formula is C11H16N2OS. The zero-order chi connectivity index (χ0) is 10.5. The van der Waals surface area contributed by atoms with E-state index in [2.05, 4.69) is 10.6 Å². The molecule has 1 atom stereocenters. The van der Waals surface area contributed by atoms with Crippen LogP contribution in [0.1, 0.15) is 22.5 Å². The highest BCUT2D eigenvalue weighted by Crippen LogP contribution is 2.09. The molecule has 2 N–H and O–H groups in total. The number of carbonyl (C=O) groups is 1. The fraction of sp³-hybridized carbons (Fsp3) is 0.545. The number of carbonyl (C=O) groups excluding carboxylic acids is 1. The first-order valence-corrected chi connectivity index (χ1v) is 6.25. The summed E-state index contributed by atoms with van der Waals surface area (Å²) in [7, 11) is 0. The van der Waals surface area contributed by atoms with Crippen LogP contribution in [0.15, 0.2) is 17.5 Å². The number of Topliss-reactive ketones (excluding diaryl/α,β-unsaturated/α-hetero) is 1. The molecule has 1 fully saturated rings. The predicted molar refractivity (Wildman–Crippen MR) is 62.5 cm³/mol. The monoisotopic (exact) mass is 224 g/mol. The minimum atomic E-state index is 0.204. The van der Waals surface area contributed by atoms with Crippen LogP contribution in [0.4, 0.5) is 0 Å². The molecule has 1 aliphatic rings. The van der Waals surface area contributed by atoms with E-state index in [1.54, 1.807) is 0 Å². The van der Waals surface area contributed by atoms with Crippen LogP contribution in [-0.2, 0) is 0 Å². The molecule has 15 heavy (non-hydrogen) atoms. The summed E-state index contributed by atoms with van der Waals surface area (Å²) in [6, 6.07) is 4.26. The van der Waals surface area contributed by atoms with E-state index < -0.39 is 0 Å². The largest absolute Gasteiger partial charge is 0.315 e. The maximum absolute atomic E-state index is 11.7. The van der Waals surface area contributed by atoms with Gasteiger partial charge >= 0.3 is 0 Å². The Morgan fingerprint density at radius 3 is 3.27 bits per heavy atom. The van der Waals surface area contributed by atoms with E-state index in [1.807, 2.05) is 17.5 Å². The van der Waals surface area contributed by atoms with Gasteiger partial charge in [-0.1, -0.05) is 6.07 Å². The molecule has 4 heteroatoms. The minimum Gasteiger partial charge on any atom is -0.315 e. The van der Waals surface area contributed by atoms with Crippen LogP contribution in [0.25, 0.3) is 0 Å². The number of piperidine rings is 1. The maximum atomic E-state index is 11.7. The Bertz CT molecular complexity index is 304. The van der Waals surface area contributed by atoms with Crippen molar-refractivity contribution in [1.82, 2.24) is 10.6 Å². The lowest BCUT2D eigenvalue weighted by Gasteiger charge is -2.23. The Labute approximate surface area is 93.9 Å². The van der Waals surface area contributed by atoms with Crippen LogP contribution < -0.4 is 10.6 Å². The average molecular weight is 224 g/mol. The van der Waals surface area contributed by atoms with Crippen molar-refractivity contribution in [1.29, 1.82) is 0 Å². The first-order chi connectivity index (χ1) is 7.36. The first-order valence-electron chi connectivity index (χ1n) is 5.37. The third-order valence-electron chi connectivity index (χ3n) is 2.64. The van der Waals surface area contributed by atoms with Crippen molar-refractivity contribution in [3.63, 3.8) is 0 Å². The molecule has 3 nitrogen and oxygen atoms in total. The molecule has 1 aromatic rings. The normalized spacial score (nSPS) is 21.5. The van der Waals surface area contributed by atoms with E-state index >= 15 is 0 Å². The summed E-state index contributed by atoms with van der Waals surface area (Å²) in [5, 5.41) is 8.57. The van der Waals surface area contributed by atoms with E-state index in [4.69, 9.17) is 0 Å². The van der Waals surface area contributed by atoms with Crippen molar-refractivity contribution >= 4 is 17.1 Å². The highest BCUT2D eigenvalue weighted by atomic mass is 32.1. The SMILES string of the molecule is O=C(CN[C@H]1CCCNC1)c1cccs1. The second-order valence-electron chi connectivity index (χ2n) is 3.82. The summed E-state index contributed by atoms with van der Waals surface area (Å²) in [6.07, 6.45) is 2.37. The van der Waals surface area contributed by atoms with Gasteiger partial charge in [-0.2, -0.15) is 0 Å². The van der Waals surface area contributed by atoms with Gasteiger partial charge in [-0.05, 0) is 30.8 Å². The molecule has 0 spiro atoms. The molecule has 0 aromatic carbocycles. The summed E-state index contributed by atoms with van der Waals surface area (Å²) in [5.74, 6) is 0.204. The molecule has 0 unspecified atom stereocenters. The van der Waals surface area contributed by atoms with Crippen LogP contribution in [0.3, 0.4) is 0 Å². The summed E-state index contributed by atoms with van der Waals surface area (Å²) in [5.41, 5.74) is 0. The molecule has 0 amide bonds. The van der Waals surface area contributed by atoms with Crippen LogP contribution >= 0.6 is 11.3 Å². The Morgan fingerprint density at radius 2 is 2.60 bits per heavy atom. The lowest BCUT2D eigenvalue weighted by molar-refractivity contribution is 0.0989. The van der Waals surface area contributed by atoms with Gasteiger partial charge in [-0.3, -0.25) is 4.79 Å². The molecule has 1 aromatic heterocycles. The molecule has 2 heterocycles. The van der Waals surface area contributed by atoms with Crippen LogP contribution in [-0.4, -0.2) is 31.5 Å². The Balaban J connectivity index is 1.75. The Hall–Kier alpha value is -0.710. The smallest absolute Gasteiger partial charge is 0.186 e. The lowest BCUT2D eigenvalue weighted by atomic mass is 10.1. The number of ketones is 1.